The molecule has 0 saturated heterocycles. The fraction of sp³-hybridized carbons (Fsp3) is 0.125. The van der Waals surface area contributed by atoms with E-state index in [0.29, 0.717) is 0 Å². The summed E-state index contributed by atoms with van der Waals surface area (Å²) in [5, 5.41) is 14.8. The maximum Gasteiger partial charge on any atom is 0.331 e. The number of rotatable bonds is 3. The van der Waals surface area contributed by atoms with Crippen LogP contribution < -0.4 is 5.48 Å². The zero-order valence-corrected chi connectivity index (χ0v) is 9.63. The summed E-state index contributed by atoms with van der Waals surface area (Å²) in [7, 11) is -9.92. The lowest BCUT2D eigenvalue weighted by molar-refractivity contribution is 0.0559. The van der Waals surface area contributed by atoms with Crippen molar-refractivity contribution in [1.29, 1.82) is 5.41 Å². The number of hydrogen-bond donors (Lipinski definition) is 3. The molecule has 19 heavy (non-hydrogen) atoms. The normalized spacial score (nSPS) is 16.4. The Labute approximate surface area is 102 Å². The second-order valence-corrected chi connectivity index (χ2v) is 5.96. The lowest BCUT2D eigenvalue weighted by Crippen LogP contribution is -2.35. The number of hydrogen-bond acceptors (Lipinski definition) is 2. The molecular formula is C8H7F7N2OS. The van der Waals surface area contributed by atoms with E-state index in [1.807, 2.05) is 0 Å². The molecule has 0 atom stereocenters. The second kappa shape index (κ2) is 3.54. The minimum Gasteiger partial charge on any atom is -0.290 e. The van der Waals surface area contributed by atoms with Crippen LogP contribution in [0.2, 0.25) is 0 Å². The smallest absolute Gasteiger partial charge is 0.290 e. The topological polar surface area (TPSA) is 56.1 Å². The molecule has 0 unspecified atom stereocenters. The maximum atomic E-state index is 13.3. The van der Waals surface area contributed by atoms with Gasteiger partial charge in [-0.15, -0.1) is 0 Å². The Morgan fingerprint density at radius 2 is 1.47 bits per heavy atom. The first kappa shape index (κ1) is 15.6. The average Bonchev–Trinajstić information content (AvgIpc) is 2.25. The van der Waals surface area contributed by atoms with Gasteiger partial charge in [0.2, 0.25) is 0 Å². The summed E-state index contributed by atoms with van der Waals surface area (Å²) in [5.74, 6) is -5.84. The SMILES string of the molecule is N=C(NO)C(F)(F)c1ccc(S(F)(F)(F)(F)F)cc1. The monoisotopic (exact) mass is 312 g/mol. The average molecular weight is 312 g/mol. The molecule has 0 amide bonds. The van der Waals surface area contributed by atoms with Crippen LogP contribution in [-0.4, -0.2) is 11.0 Å². The summed E-state index contributed by atoms with van der Waals surface area (Å²) in [6.07, 6.45) is 0. The highest BCUT2D eigenvalue weighted by Crippen LogP contribution is 3.02. The van der Waals surface area contributed by atoms with E-state index in [0.717, 1.165) is 5.48 Å². The highest BCUT2D eigenvalue weighted by Gasteiger charge is 2.65. The highest BCUT2D eigenvalue weighted by atomic mass is 32.5. The van der Waals surface area contributed by atoms with Gasteiger partial charge < -0.3 is 0 Å². The lowest BCUT2D eigenvalue weighted by Gasteiger charge is -2.40. The zero-order valence-electron chi connectivity index (χ0n) is 8.81. The molecule has 0 heterocycles. The van der Waals surface area contributed by atoms with E-state index in [1.54, 1.807) is 0 Å². The van der Waals surface area contributed by atoms with E-state index in [-0.39, 0.29) is 24.3 Å². The minimum atomic E-state index is -9.92. The van der Waals surface area contributed by atoms with Gasteiger partial charge in [-0.25, -0.2) is 0 Å². The molecule has 1 aromatic carbocycles. The molecule has 3 N–H and O–H groups in total. The Morgan fingerprint density at radius 1 is 1.05 bits per heavy atom. The first-order valence-electron chi connectivity index (χ1n) is 4.40. The summed E-state index contributed by atoms with van der Waals surface area (Å²) < 4.78 is 88.1. The van der Waals surface area contributed by atoms with Crippen LogP contribution in [0.3, 0.4) is 0 Å². The molecule has 1 aromatic rings. The molecule has 0 aromatic heterocycles. The van der Waals surface area contributed by atoms with Gasteiger partial charge in [-0.05, 0) is 12.1 Å². The summed E-state index contributed by atoms with van der Waals surface area (Å²) >= 11 is 0. The first-order chi connectivity index (χ1) is 8.18. The van der Waals surface area contributed by atoms with Crippen molar-refractivity contribution in [2.24, 2.45) is 0 Å². The predicted octanol–water partition coefficient (Wildman–Crippen LogP) is 4.39. The van der Waals surface area contributed by atoms with Gasteiger partial charge in [0.15, 0.2) is 5.84 Å². The van der Waals surface area contributed by atoms with Crippen LogP contribution >= 0.6 is 10.2 Å². The van der Waals surface area contributed by atoms with E-state index >= 15 is 0 Å². The molecule has 0 spiro atoms. The van der Waals surface area contributed by atoms with Crippen LogP contribution in [0, 0.1) is 5.41 Å². The Hall–Kier alpha value is -1.49. The first-order valence-corrected chi connectivity index (χ1v) is 6.35. The van der Waals surface area contributed by atoms with Gasteiger partial charge in [0, 0.05) is 5.56 Å². The molecular weight excluding hydrogens is 305 g/mol. The van der Waals surface area contributed by atoms with Crippen LogP contribution in [0.4, 0.5) is 28.2 Å². The molecule has 0 fully saturated rings. The third-order valence-corrected chi connectivity index (χ3v) is 3.25. The van der Waals surface area contributed by atoms with Crippen molar-refractivity contribution < 1.29 is 33.4 Å². The number of nitrogens with one attached hydrogen (secondary N) is 2. The third-order valence-electron chi connectivity index (χ3n) is 2.09. The summed E-state index contributed by atoms with van der Waals surface area (Å²) in [6, 6.07) is -0.177. The molecule has 0 aliphatic rings. The van der Waals surface area contributed by atoms with Crippen LogP contribution in [0.1, 0.15) is 5.56 Å². The Morgan fingerprint density at radius 3 is 1.79 bits per heavy atom. The van der Waals surface area contributed by atoms with E-state index < -0.39 is 32.4 Å². The van der Waals surface area contributed by atoms with Gasteiger partial charge in [-0.3, -0.25) is 16.1 Å². The molecule has 3 nitrogen and oxygen atoms in total. The number of halogens is 7. The Balaban J connectivity index is 3.26. The number of hydroxylamine groups is 1. The van der Waals surface area contributed by atoms with Gasteiger partial charge in [0.05, 0.1) is 0 Å². The predicted molar refractivity (Wildman–Crippen MR) is 54.4 cm³/mol. The number of amidine groups is 1. The van der Waals surface area contributed by atoms with E-state index in [1.165, 1.54) is 0 Å². The fourth-order valence-electron chi connectivity index (χ4n) is 1.14. The van der Waals surface area contributed by atoms with Gasteiger partial charge in [-0.1, -0.05) is 31.6 Å². The summed E-state index contributed by atoms with van der Waals surface area (Å²) in [4.78, 5) is -2.32. The number of alkyl halides is 2. The van der Waals surface area contributed by atoms with Gasteiger partial charge >= 0.3 is 16.1 Å². The molecule has 0 aliphatic carbocycles. The lowest BCUT2D eigenvalue weighted by atomic mass is 10.1. The van der Waals surface area contributed by atoms with Crippen molar-refractivity contribution in [2.45, 2.75) is 10.8 Å². The highest BCUT2D eigenvalue weighted by molar-refractivity contribution is 8.45. The van der Waals surface area contributed by atoms with Crippen LogP contribution in [-0.2, 0) is 5.92 Å². The van der Waals surface area contributed by atoms with Crippen LogP contribution in [0.25, 0.3) is 0 Å². The summed E-state index contributed by atoms with van der Waals surface area (Å²) in [5.41, 5.74) is -0.315. The van der Waals surface area contributed by atoms with E-state index in [9.17, 15) is 28.2 Å². The van der Waals surface area contributed by atoms with Gasteiger partial charge in [0.25, 0.3) is 0 Å². The van der Waals surface area contributed by atoms with Crippen LogP contribution in [0.15, 0.2) is 29.2 Å². The second-order valence-electron chi connectivity index (χ2n) is 3.55. The Bertz CT molecular complexity index is 510. The molecule has 0 radical (unpaired) electrons. The zero-order chi connectivity index (χ0) is 15.2. The van der Waals surface area contributed by atoms with Crippen molar-refractivity contribution in [3.63, 3.8) is 0 Å². The van der Waals surface area contributed by atoms with Gasteiger partial charge in [-0.2, -0.15) is 8.78 Å². The van der Waals surface area contributed by atoms with Crippen molar-refractivity contribution in [2.75, 3.05) is 0 Å². The molecule has 1 rings (SSSR count). The molecule has 0 saturated carbocycles. The largest absolute Gasteiger partial charge is 0.331 e. The Kier molecular flexibility index (Phi) is 2.90. The van der Waals surface area contributed by atoms with Crippen molar-refractivity contribution in [3.8, 4) is 0 Å². The van der Waals surface area contributed by atoms with Crippen molar-refractivity contribution >= 4 is 16.1 Å². The standard InChI is InChI=1S/C8H7F7N2OS/c9-8(10,7(16)17-18)5-1-3-6(4-2-5)19(11,12,13,14)15/h1-4,18H,(H2,16,17). The van der Waals surface area contributed by atoms with Crippen molar-refractivity contribution in [1.82, 2.24) is 5.48 Å². The quantitative estimate of drug-likeness (QED) is 0.335. The number of benzene rings is 1. The van der Waals surface area contributed by atoms with Crippen molar-refractivity contribution in [3.05, 3.63) is 29.8 Å². The third kappa shape index (κ3) is 3.29. The van der Waals surface area contributed by atoms with Gasteiger partial charge in [0.1, 0.15) is 4.90 Å². The molecule has 0 aliphatic heterocycles. The minimum absolute atomic E-state index is 0.110. The summed E-state index contributed by atoms with van der Waals surface area (Å²) in [6.45, 7) is 0. The van der Waals surface area contributed by atoms with E-state index in [4.69, 9.17) is 10.6 Å². The van der Waals surface area contributed by atoms with E-state index in [2.05, 4.69) is 0 Å². The van der Waals surface area contributed by atoms with Crippen LogP contribution in [0.5, 0.6) is 0 Å². The fourth-order valence-corrected chi connectivity index (χ4v) is 1.79. The maximum absolute atomic E-state index is 13.3. The molecule has 0 bridgehead atoms. The molecule has 110 valence electrons. The molecule has 11 heteroatoms.